The van der Waals surface area contributed by atoms with Crippen LogP contribution in [0.3, 0.4) is 0 Å². The van der Waals surface area contributed by atoms with E-state index >= 15 is 0 Å². The standard InChI is InChI=1S/C22H22N2/c1-22(15-17-7-3-2-4-8-17)16-19-9-5-6-10-20(19)21(24-22)18-11-13-23-14-12-18/h2-14,21,24H,15-16H2,1H3. The van der Waals surface area contributed by atoms with E-state index in [1.165, 1.54) is 22.3 Å². The molecule has 120 valence electrons. The zero-order valence-electron chi connectivity index (χ0n) is 13.9. The lowest BCUT2D eigenvalue weighted by Gasteiger charge is -2.41. The normalized spacial score (nSPS) is 22.8. The van der Waals surface area contributed by atoms with Crippen LogP contribution in [0.4, 0.5) is 0 Å². The molecule has 2 heteroatoms. The molecule has 2 nitrogen and oxygen atoms in total. The predicted molar refractivity (Wildman–Crippen MR) is 97.9 cm³/mol. The third-order valence-corrected chi connectivity index (χ3v) is 4.92. The van der Waals surface area contributed by atoms with Gasteiger partial charge in [0.1, 0.15) is 0 Å². The van der Waals surface area contributed by atoms with Gasteiger partial charge in [-0.2, -0.15) is 0 Å². The Morgan fingerprint density at radius 2 is 1.67 bits per heavy atom. The van der Waals surface area contributed by atoms with E-state index in [4.69, 9.17) is 0 Å². The first-order valence-electron chi connectivity index (χ1n) is 8.53. The summed E-state index contributed by atoms with van der Waals surface area (Å²) >= 11 is 0. The van der Waals surface area contributed by atoms with Crippen molar-refractivity contribution in [3.05, 3.63) is 101 Å². The van der Waals surface area contributed by atoms with Crippen LogP contribution in [0.15, 0.2) is 79.1 Å². The summed E-state index contributed by atoms with van der Waals surface area (Å²) in [5, 5.41) is 3.92. The van der Waals surface area contributed by atoms with Gasteiger partial charge in [0.2, 0.25) is 0 Å². The van der Waals surface area contributed by atoms with Crippen LogP contribution in [0.25, 0.3) is 0 Å². The first-order valence-corrected chi connectivity index (χ1v) is 8.53. The third kappa shape index (κ3) is 2.98. The van der Waals surface area contributed by atoms with Crippen LogP contribution in [-0.2, 0) is 12.8 Å². The molecule has 0 saturated carbocycles. The minimum Gasteiger partial charge on any atom is -0.300 e. The van der Waals surface area contributed by atoms with Crippen molar-refractivity contribution in [3.8, 4) is 0 Å². The molecule has 2 atom stereocenters. The van der Waals surface area contributed by atoms with Gasteiger partial charge in [-0.1, -0.05) is 54.6 Å². The van der Waals surface area contributed by atoms with Crippen molar-refractivity contribution in [3.63, 3.8) is 0 Å². The van der Waals surface area contributed by atoms with Crippen molar-refractivity contribution in [2.45, 2.75) is 31.3 Å². The van der Waals surface area contributed by atoms with E-state index in [0.717, 1.165) is 12.8 Å². The number of nitrogens with one attached hydrogen (secondary N) is 1. The maximum Gasteiger partial charge on any atom is 0.0584 e. The van der Waals surface area contributed by atoms with Gasteiger partial charge in [-0.25, -0.2) is 0 Å². The summed E-state index contributed by atoms with van der Waals surface area (Å²) in [5.74, 6) is 0. The Bertz CT molecular complexity index is 814. The Labute approximate surface area is 143 Å². The summed E-state index contributed by atoms with van der Waals surface area (Å²) in [6.45, 7) is 2.34. The molecule has 3 aromatic rings. The molecule has 0 fully saturated rings. The summed E-state index contributed by atoms with van der Waals surface area (Å²) < 4.78 is 0. The second-order valence-electron chi connectivity index (χ2n) is 6.96. The Kier molecular flexibility index (Phi) is 3.91. The van der Waals surface area contributed by atoms with Crippen LogP contribution < -0.4 is 5.32 Å². The quantitative estimate of drug-likeness (QED) is 0.779. The topological polar surface area (TPSA) is 24.9 Å². The fourth-order valence-corrected chi connectivity index (χ4v) is 3.85. The summed E-state index contributed by atoms with van der Waals surface area (Å²) in [4.78, 5) is 4.17. The number of rotatable bonds is 3. The molecule has 0 spiro atoms. The van der Waals surface area contributed by atoms with Gasteiger partial charge < -0.3 is 5.32 Å². The first-order chi connectivity index (χ1) is 11.7. The molecular weight excluding hydrogens is 292 g/mol. The van der Waals surface area contributed by atoms with Gasteiger partial charge in [0, 0.05) is 17.9 Å². The molecule has 2 unspecified atom stereocenters. The van der Waals surface area contributed by atoms with Crippen LogP contribution in [0, 0.1) is 0 Å². The van der Waals surface area contributed by atoms with E-state index in [1.807, 2.05) is 12.4 Å². The minimum atomic E-state index is 0.0314. The highest BCUT2D eigenvalue weighted by Gasteiger charge is 2.35. The zero-order chi connectivity index (χ0) is 16.4. The predicted octanol–water partition coefficient (Wildman–Crippen LogP) is 4.32. The number of hydrogen-bond donors (Lipinski definition) is 1. The lowest BCUT2D eigenvalue weighted by molar-refractivity contribution is 0.302. The molecular formula is C22H22N2. The molecule has 0 amide bonds. The van der Waals surface area contributed by atoms with Crippen LogP contribution in [0.1, 0.15) is 35.2 Å². The minimum absolute atomic E-state index is 0.0314. The van der Waals surface area contributed by atoms with Crippen molar-refractivity contribution in [2.75, 3.05) is 0 Å². The summed E-state index contributed by atoms with van der Waals surface area (Å²) in [5.41, 5.74) is 5.51. The van der Waals surface area contributed by atoms with Crippen molar-refractivity contribution < 1.29 is 0 Å². The number of aromatic nitrogens is 1. The molecule has 1 aliphatic rings. The van der Waals surface area contributed by atoms with Crippen LogP contribution in [0.5, 0.6) is 0 Å². The number of nitrogens with zero attached hydrogens (tertiary/aromatic N) is 1. The van der Waals surface area contributed by atoms with E-state index < -0.39 is 0 Å². The summed E-state index contributed by atoms with van der Waals surface area (Å²) in [6, 6.07) is 24.0. The maximum absolute atomic E-state index is 4.17. The van der Waals surface area contributed by atoms with Crippen LogP contribution in [0.2, 0.25) is 0 Å². The highest BCUT2D eigenvalue weighted by molar-refractivity contribution is 5.41. The zero-order valence-corrected chi connectivity index (χ0v) is 13.9. The third-order valence-electron chi connectivity index (χ3n) is 4.92. The number of fused-ring (bicyclic) bond motifs is 1. The van der Waals surface area contributed by atoms with E-state index in [9.17, 15) is 0 Å². The molecule has 0 saturated heterocycles. The van der Waals surface area contributed by atoms with Gasteiger partial charge in [-0.3, -0.25) is 4.98 Å². The Morgan fingerprint density at radius 3 is 2.46 bits per heavy atom. The van der Waals surface area contributed by atoms with Crippen molar-refractivity contribution in [1.29, 1.82) is 0 Å². The summed E-state index contributed by atoms with van der Waals surface area (Å²) in [6.07, 6.45) is 5.81. The largest absolute Gasteiger partial charge is 0.300 e. The highest BCUT2D eigenvalue weighted by Crippen LogP contribution is 2.35. The smallest absolute Gasteiger partial charge is 0.0584 e. The molecule has 2 heterocycles. The van der Waals surface area contributed by atoms with Crippen molar-refractivity contribution in [1.82, 2.24) is 10.3 Å². The van der Waals surface area contributed by atoms with Gasteiger partial charge in [0.15, 0.2) is 0 Å². The fourth-order valence-electron chi connectivity index (χ4n) is 3.85. The van der Waals surface area contributed by atoms with E-state index in [2.05, 4.69) is 84.0 Å². The van der Waals surface area contributed by atoms with Gasteiger partial charge >= 0.3 is 0 Å². The Hall–Kier alpha value is -2.45. The number of hydrogen-bond acceptors (Lipinski definition) is 2. The molecule has 0 bridgehead atoms. The molecule has 24 heavy (non-hydrogen) atoms. The average molecular weight is 314 g/mol. The van der Waals surface area contributed by atoms with Gasteiger partial charge in [0.05, 0.1) is 6.04 Å². The highest BCUT2D eigenvalue weighted by atomic mass is 15.0. The monoisotopic (exact) mass is 314 g/mol. The fraction of sp³-hybridized carbons (Fsp3) is 0.227. The van der Waals surface area contributed by atoms with Crippen LogP contribution >= 0.6 is 0 Å². The molecule has 2 aromatic carbocycles. The molecule has 0 radical (unpaired) electrons. The van der Waals surface area contributed by atoms with Crippen molar-refractivity contribution in [2.24, 2.45) is 0 Å². The lowest BCUT2D eigenvalue weighted by Crippen LogP contribution is -2.51. The van der Waals surface area contributed by atoms with Gasteiger partial charge in [-0.05, 0) is 54.2 Å². The molecule has 1 aromatic heterocycles. The second-order valence-corrected chi connectivity index (χ2v) is 6.96. The Morgan fingerprint density at radius 1 is 0.958 bits per heavy atom. The lowest BCUT2D eigenvalue weighted by atomic mass is 9.77. The van der Waals surface area contributed by atoms with E-state index in [1.54, 1.807) is 0 Å². The number of pyridine rings is 1. The van der Waals surface area contributed by atoms with E-state index in [-0.39, 0.29) is 11.6 Å². The molecule has 0 aliphatic carbocycles. The molecule has 1 N–H and O–H groups in total. The maximum atomic E-state index is 4.17. The van der Waals surface area contributed by atoms with Crippen LogP contribution in [-0.4, -0.2) is 10.5 Å². The first kappa shape index (κ1) is 15.1. The Balaban J connectivity index is 1.72. The van der Waals surface area contributed by atoms with Crippen molar-refractivity contribution >= 4 is 0 Å². The average Bonchev–Trinajstić information content (AvgIpc) is 2.62. The second kappa shape index (κ2) is 6.21. The molecule has 1 aliphatic heterocycles. The summed E-state index contributed by atoms with van der Waals surface area (Å²) in [7, 11) is 0. The van der Waals surface area contributed by atoms with Gasteiger partial charge in [0.25, 0.3) is 0 Å². The SMILES string of the molecule is CC1(Cc2ccccc2)Cc2ccccc2C(c2ccncc2)N1. The van der Waals surface area contributed by atoms with Gasteiger partial charge in [-0.15, -0.1) is 0 Å². The molecule has 4 rings (SSSR count). The van der Waals surface area contributed by atoms with E-state index in [0.29, 0.717) is 0 Å². The number of benzene rings is 2.